The minimum Gasteiger partial charge on any atom is -0.493 e. The third kappa shape index (κ3) is 4.39. The Hall–Kier alpha value is -3.02. The lowest BCUT2D eigenvalue weighted by molar-refractivity contribution is -0.123. The lowest BCUT2D eigenvalue weighted by atomic mass is 10.2. The molecule has 1 unspecified atom stereocenters. The number of carbonyl (C=O) groups is 2. The maximum Gasteiger partial charge on any atom is 0.265 e. The first kappa shape index (κ1) is 18.8. The minimum atomic E-state index is -0.638. The normalized spacial score (nSPS) is 14.7. The van der Waals surface area contributed by atoms with Gasteiger partial charge in [-0.25, -0.2) is 0 Å². The number of amides is 2. The van der Waals surface area contributed by atoms with Gasteiger partial charge in [-0.1, -0.05) is 19.1 Å². The maximum absolute atomic E-state index is 12.6. The number of para-hydroxylation sites is 2. The minimum absolute atomic E-state index is 0.142. The Bertz CT molecular complexity index is 804. The van der Waals surface area contributed by atoms with E-state index in [0.717, 1.165) is 18.7 Å². The second-order valence-corrected chi connectivity index (χ2v) is 6.35. The zero-order chi connectivity index (χ0) is 19.2. The molecule has 2 aromatic rings. The van der Waals surface area contributed by atoms with Crippen LogP contribution >= 0.6 is 0 Å². The third-order valence-electron chi connectivity index (χ3n) is 4.52. The zero-order valence-electron chi connectivity index (χ0n) is 15.6. The third-order valence-corrected chi connectivity index (χ3v) is 4.52. The summed E-state index contributed by atoms with van der Waals surface area (Å²) in [4.78, 5) is 26.2. The molecule has 142 valence electrons. The SMILES string of the molecule is CCC(Oc1ccccc1OC)C(=O)Nc1ccc(N2CCCC2=O)cc1. The van der Waals surface area contributed by atoms with Crippen molar-refractivity contribution in [3.8, 4) is 11.5 Å². The maximum atomic E-state index is 12.6. The molecule has 1 fully saturated rings. The molecule has 0 radical (unpaired) electrons. The monoisotopic (exact) mass is 368 g/mol. The van der Waals surface area contributed by atoms with E-state index in [-0.39, 0.29) is 11.8 Å². The predicted molar refractivity (Wildman–Crippen MR) is 104 cm³/mol. The first-order valence-electron chi connectivity index (χ1n) is 9.13. The van der Waals surface area contributed by atoms with Gasteiger partial charge in [0.15, 0.2) is 17.6 Å². The average molecular weight is 368 g/mol. The lowest BCUT2D eigenvalue weighted by Gasteiger charge is -2.19. The summed E-state index contributed by atoms with van der Waals surface area (Å²) in [6.07, 6.45) is 1.36. The second-order valence-electron chi connectivity index (χ2n) is 6.35. The molecule has 1 heterocycles. The van der Waals surface area contributed by atoms with Crippen LogP contribution in [0, 0.1) is 0 Å². The van der Waals surface area contributed by atoms with Crippen molar-refractivity contribution in [2.45, 2.75) is 32.3 Å². The van der Waals surface area contributed by atoms with Crippen molar-refractivity contribution in [3.05, 3.63) is 48.5 Å². The fourth-order valence-corrected chi connectivity index (χ4v) is 3.06. The van der Waals surface area contributed by atoms with E-state index < -0.39 is 6.10 Å². The van der Waals surface area contributed by atoms with Crippen LogP contribution in [0.2, 0.25) is 0 Å². The topological polar surface area (TPSA) is 67.9 Å². The summed E-state index contributed by atoms with van der Waals surface area (Å²) >= 11 is 0. The standard InChI is InChI=1S/C21H24N2O4/c1-3-17(27-19-8-5-4-7-18(19)26-2)21(25)22-15-10-12-16(13-11-15)23-14-6-9-20(23)24/h4-5,7-8,10-13,17H,3,6,9,14H2,1-2H3,(H,22,25). The Morgan fingerprint density at radius 3 is 2.44 bits per heavy atom. The fourth-order valence-electron chi connectivity index (χ4n) is 3.06. The Morgan fingerprint density at radius 1 is 1.15 bits per heavy atom. The van der Waals surface area contributed by atoms with E-state index in [4.69, 9.17) is 9.47 Å². The van der Waals surface area contributed by atoms with Crippen molar-refractivity contribution < 1.29 is 19.1 Å². The van der Waals surface area contributed by atoms with Crippen LogP contribution in [0.3, 0.4) is 0 Å². The summed E-state index contributed by atoms with van der Waals surface area (Å²) in [7, 11) is 1.57. The second kappa shape index (κ2) is 8.58. The van der Waals surface area contributed by atoms with E-state index in [1.807, 2.05) is 31.2 Å². The smallest absolute Gasteiger partial charge is 0.265 e. The first-order chi connectivity index (χ1) is 13.1. The van der Waals surface area contributed by atoms with E-state index in [9.17, 15) is 9.59 Å². The molecule has 2 aromatic carbocycles. The summed E-state index contributed by atoms with van der Waals surface area (Å²) in [5.74, 6) is 1.03. The van der Waals surface area contributed by atoms with Crippen molar-refractivity contribution >= 4 is 23.2 Å². The number of nitrogens with zero attached hydrogens (tertiary/aromatic N) is 1. The molecule has 0 saturated carbocycles. The van der Waals surface area contributed by atoms with Gasteiger partial charge < -0.3 is 19.7 Å². The highest BCUT2D eigenvalue weighted by molar-refractivity contribution is 5.97. The highest BCUT2D eigenvalue weighted by Crippen LogP contribution is 2.28. The van der Waals surface area contributed by atoms with Gasteiger partial charge in [0.1, 0.15) is 0 Å². The number of ether oxygens (including phenoxy) is 2. The van der Waals surface area contributed by atoms with Gasteiger partial charge >= 0.3 is 0 Å². The van der Waals surface area contributed by atoms with E-state index in [1.54, 1.807) is 36.3 Å². The molecule has 1 N–H and O–H groups in total. The highest BCUT2D eigenvalue weighted by atomic mass is 16.5. The molecule has 1 aliphatic rings. The molecule has 1 aliphatic heterocycles. The van der Waals surface area contributed by atoms with Gasteiger partial charge in [-0.15, -0.1) is 0 Å². The Morgan fingerprint density at radius 2 is 1.85 bits per heavy atom. The molecule has 0 bridgehead atoms. The summed E-state index contributed by atoms with van der Waals surface area (Å²) in [5, 5.41) is 2.87. The van der Waals surface area contributed by atoms with Crippen molar-refractivity contribution in [3.63, 3.8) is 0 Å². The summed E-state index contributed by atoms with van der Waals surface area (Å²) < 4.78 is 11.1. The predicted octanol–water partition coefficient (Wildman–Crippen LogP) is 3.62. The largest absolute Gasteiger partial charge is 0.493 e. The van der Waals surface area contributed by atoms with Crippen LogP contribution in [0.1, 0.15) is 26.2 Å². The number of nitrogens with one attached hydrogen (secondary N) is 1. The van der Waals surface area contributed by atoms with Crippen LogP contribution in [-0.4, -0.2) is 31.6 Å². The van der Waals surface area contributed by atoms with E-state index in [2.05, 4.69) is 5.32 Å². The molecular weight excluding hydrogens is 344 g/mol. The molecule has 0 aromatic heterocycles. The summed E-state index contributed by atoms with van der Waals surface area (Å²) in [5.41, 5.74) is 1.52. The number of hydrogen-bond donors (Lipinski definition) is 1. The highest BCUT2D eigenvalue weighted by Gasteiger charge is 2.22. The molecule has 6 heteroatoms. The van der Waals surface area contributed by atoms with Crippen LogP contribution in [0.5, 0.6) is 11.5 Å². The van der Waals surface area contributed by atoms with Gasteiger partial charge in [0.25, 0.3) is 5.91 Å². The summed E-state index contributed by atoms with van der Waals surface area (Å²) in [6.45, 7) is 2.64. The van der Waals surface area contributed by atoms with Crippen molar-refractivity contribution in [1.29, 1.82) is 0 Å². The van der Waals surface area contributed by atoms with Crippen LogP contribution in [0.15, 0.2) is 48.5 Å². The van der Waals surface area contributed by atoms with Gasteiger partial charge in [0, 0.05) is 24.3 Å². The number of anilines is 2. The van der Waals surface area contributed by atoms with Gasteiger partial charge in [-0.05, 0) is 49.2 Å². The molecule has 2 amide bonds. The van der Waals surface area contributed by atoms with Crippen molar-refractivity contribution in [2.75, 3.05) is 23.9 Å². The average Bonchev–Trinajstić information content (AvgIpc) is 3.12. The molecule has 27 heavy (non-hydrogen) atoms. The number of hydrogen-bond acceptors (Lipinski definition) is 4. The van der Waals surface area contributed by atoms with Gasteiger partial charge in [0.2, 0.25) is 5.91 Å². The van der Waals surface area contributed by atoms with Crippen LogP contribution in [-0.2, 0) is 9.59 Å². The van der Waals surface area contributed by atoms with Crippen molar-refractivity contribution in [2.24, 2.45) is 0 Å². The first-order valence-corrected chi connectivity index (χ1v) is 9.13. The molecular formula is C21H24N2O4. The molecule has 6 nitrogen and oxygen atoms in total. The van der Waals surface area contributed by atoms with Gasteiger partial charge in [-0.3, -0.25) is 9.59 Å². The molecule has 1 atom stereocenters. The van der Waals surface area contributed by atoms with E-state index in [0.29, 0.717) is 30.0 Å². The number of benzene rings is 2. The van der Waals surface area contributed by atoms with E-state index in [1.165, 1.54) is 0 Å². The quantitative estimate of drug-likeness (QED) is 0.811. The molecule has 1 saturated heterocycles. The van der Waals surface area contributed by atoms with Crippen LogP contribution in [0.25, 0.3) is 0 Å². The number of methoxy groups -OCH3 is 1. The molecule has 0 spiro atoms. The fraction of sp³-hybridized carbons (Fsp3) is 0.333. The van der Waals surface area contributed by atoms with Gasteiger partial charge in [-0.2, -0.15) is 0 Å². The Balaban J connectivity index is 1.65. The summed E-state index contributed by atoms with van der Waals surface area (Å²) in [6, 6.07) is 14.5. The number of carbonyl (C=O) groups excluding carboxylic acids is 2. The van der Waals surface area contributed by atoms with Crippen LogP contribution < -0.4 is 19.7 Å². The van der Waals surface area contributed by atoms with Crippen LogP contribution in [0.4, 0.5) is 11.4 Å². The number of rotatable bonds is 7. The van der Waals surface area contributed by atoms with Crippen molar-refractivity contribution in [1.82, 2.24) is 0 Å². The lowest BCUT2D eigenvalue weighted by Crippen LogP contribution is -2.32. The van der Waals surface area contributed by atoms with Gasteiger partial charge in [0.05, 0.1) is 7.11 Å². The van der Waals surface area contributed by atoms with E-state index >= 15 is 0 Å². The Labute approximate surface area is 159 Å². The Kier molecular flexibility index (Phi) is 5.96. The molecule has 0 aliphatic carbocycles. The zero-order valence-corrected chi connectivity index (χ0v) is 15.6. The molecule has 3 rings (SSSR count).